The first-order valence-electron chi connectivity index (χ1n) is 10.6. The predicted molar refractivity (Wildman–Crippen MR) is 115 cm³/mol. The molecule has 1 fully saturated rings. The van der Waals surface area contributed by atoms with Crippen LogP contribution in [0.15, 0.2) is 60.9 Å². The van der Waals surface area contributed by atoms with E-state index in [1.54, 1.807) is 12.1 Å². The van der Waals surface area contributed by atoms with Crippen LogP contribution in [0.25, 0.3) is 11.4 Å². The molecular formula is C24H22F4N4O. The number of piperidine rings is 1. The van der Waals surface area contributed by atoms with Gasteiger partial charge in [0.2, 0.25) is 0 Å². The molecule has 1 amide bonds. The molecule has 2 heterocycles. The fraction of sp³-hybridized carbons (Fsp3) is 0.292. The number of likely N-dealkylation sites (tertiary alicyclic amines) is 1. The highest BCUT2D eigenvalue weighted by Gasteiger charge is 2.30. The van der Waals surface area contributed by atoms with Crippen LogP contribution in [0.1, 0.15) is 34.3 Å². The lowest BCUT2D eigenvalue weighted by molar-refractivity contribution is -0.137. The summed E-state index contributed by atoms with van der Waals surface area (Å²) in [5.74, 6) is -0.327. The molecule has 5 nitrogen and oxygen atoms in total. The number of hydrogen-bond acceptors (Lipinski definition) is 4. The molecule has 1 aromatic heterocycles. The predicted octanol–water partition coefficient (Wildman–Crippen LogP) is 4.70. The van der Waals surface area contributed by atoms with Crippen LogP contribution >= 0.6 is 0 Å². The third-order valence-electron chi connectivity index (χ3n) is 5.61. The quantitative estimate of drug-likeness (QED) is 0.564. The van der Waals surface area contributed by atoms with E-state index in [9.17, 15) is 22.4 Å². The molecule has 0 radical (unpaired) electrons. The highest BCUT2D eigenvalue weighted by Crippen LogP contribution is 2.29. The average Bonchev–Trinajstić information content (AvgIpc) is 2.80. The first-order chi connectivity index (χ1) is 15.8. The molecular weight excluding hydrogens is 436 g/mol. The van der Waals surface area contributed by atoms with E-state index in [4.69, 9.17) is 0 Å². The molecule has 0 atom stereocenters. The molecule has 1 N–H and O–H groups in total. The van der Waals surface area contributed by atoms with Gasteiger partial charge in [0.15, 0.2) is 5.82 Å². The van der Waals surface area contributed by atoms with Crippen LogP contribution in [0.3, 0.4) is 0 Å². The summed E-state index contributed by atoms with van der Waals surface area (Å²) in [7, 11) is 0. The summed E-state index contributed by atoms with van der Waals surface area (Å²) in [6.45, 7) is 2.01. The highest BCUT2D eigenvalue weighted by molar-refractivity contribution is 5.93. The maximum atomic E-state index is 13.4. The Morgan fingerprint density at radius 1 is 1.03 bits per heavy atom. The first-order valence-corrected chi connectivity index (χ1v) is 10.6. The number of nitrogens with zero attached hydrogens (tertiary/aromatic N) is 3. The van der Waals surface area contributed by atoms with Crippen molar-refractivity contribution in [1.29, 1.82) is 0 Å². The van der Waals surface area contributed by atoms with E-state index in [1.807, 2.05) is 0 Å². The van der Waals surface area contributed by atoms with Gasteiger partial charge in [-0.1, -0.05) is 24.3 Å². The molecule has 1 aliphatic rings. The maximum absolute atomic E-state index is 13.4. The minimum absolute atomic E-state index is 0.00995. The van der Waals surface area contributed by atoms with Crippen molar-refractivity contribution in [2.75, 3.05) is 13.1 Å². The molecule has 1 saturated heterocycles. The van der Waals surface area contributed by atoms with Gasteiger partial charge in [-0.15, -0.1) is 0 Å². The smallest absolute Gasteiger partial charge is 0.349 e. The van der Waals surface area contributed by atoms with Gasteiger partial charge in [0, 0.05) is 43.6 Å². The Labute approximate surface area is 188 Å². The van der Waals surface area contributed by atoms with Crippen LogP contribution in [0, 0.1) is 5.82 Å². The SMILES string of the molecule is O=C(NC1CCN(Cc2ccc(C(F)(F)F)cc2)CC1)c1cnc(-c2cccc(F)c2)nc1. The van der Waals surface area contributed by atoms with Crippen LogP contribution < -0.4 is 5.32 Å². The molecule has 0 unspecified atom stereocenters. The van der Waals surface area contributed by atoms with Gasteiger partial charge in [0.05, 0.1) is 11.1 Å². The normalized spacial score (nSPS) is 15.4. The summed E-state index contributed by atoms with van der Waals surface area (Å²) < 4.78 is 51.4. The largest absolute Gasteiger partial charge is 0.416 e. The molecule has 3 aromatic rings. The molecule has 4 rings (SSSR count). The van der Waals surface area contributed by atoms with Crippen molar-refractivity contribution in [3.8, 4) is 11.4 Å². The lowest BCUT2D eigenvalue weighted by atomic mass is 10.0. The Morgan fingerprint density at radius 2 is 1.70 bits per heavy atom. The summed E-state index contributed by atoms with van der Waals surface area (Å²) in [6, 6.07) is 11.1. The van der Waals surface area contributed by atoms with E-state index >= 15 is 0 Å². The van der Waals surface area contributed by atoms with Crippen molar-refractivity contribution < 1.29 is 22.4 Å². The monoisotopic (exact) mass is 458 g/mol. The number of amides is 1. The standard InChI is InChI=1S/C24H22F4N4O/c25-20-3-1-2-17(12-20)22-29-13-18(14-30-22)23(33)31-21-8-10-32(11-9-21)15-16-4-6-19(7-5-16)24(26,27)28/h1-7,12-14,21H,8-11,15H2,(H,31,33). The molecule has 9 heteroatoms. The van der Waals surface area contributed by atoms with E-state index in [0.29, 0.717) is 23.5 Å². The van der Waals surface area contributed by atoms with Crippen molar-refractivity contribution in [2.24, 2.45) is 0 Å². The molecule has 0 bridgehead atoms. The van der Waals surface area contributed by atoms with Crippen LogP contribution in [-0.4, -0.2) is 39.9 Å². The van der Waals surface area contributed by atoms with Crippen LogP contribution in [0.2, 0.25) is 0 Å². The third-order valence-corrected chi connectivity index (χ3v) is 5.61. The Kier molecular flexibility index (Phi) is 6.69. The zero-order valence-corrected chi connectivity index (χ0v) is 17.6. The molecule has 2 aromatic carbocycles. The maximum Gasteiger partial charge on any atom is 0.416 e. The van der Waals surface area contributed by atoms with Crippen molar-refractivity contribution in [3.63, 3.8) is 0 Å². The molecule has 1 aliphatic heterocycles. The van der Waals surface area contributed by atoms with E-state index in [2.05, 4.69) is 20.2 Å². The van der Waals surface area contributed by atoms with Gasteiger partial charge in [-0.05, 0) is 42.7 Å². The number of alkyl halides is 3. The fourth-order valence-electron chi connectivity index (χ4n) is 3.78. The van der Waals surface area contributed by atoms with Crippen molar-refractivity contribution >= 4 is 5.91 Å². The highest BCUT2D eigenvalue weighted by atomic mass is 19.4. The van der Waals surface area contributed by atoms with Gasteiger partial charge < -0.3 is 5.32 Å². The number of hydrogen-bond donors (Lipinski definition) is 1. The zero-order chi connectivity index (χ0) is 23.4. The van der Waals surface area contributed by atoms with Gasteiger partial charge >= 0.3 is 6.18 Å². The Morgan fingerprint density at radius 3 is 2.30 bits per heavy atom. The number of benzene rings is 2. The summed E-state index contributed by atoms with van der Waals surface area (Å²) in [6.07, 6.45) is -0.0340. The van der Waals surface area contributed by atoms with Gasteiger partial charge in [-0.25, -0.2) is 14.4 Å². The zero-order valence-electron chi connectivity index (χ0n) is 17.6. The molecule has 0 aliphatic carbocycles. The summed E-state index contributed by atoms with van der Waals surface area (Å²) >= 11 is 0. The summed E-state index contributed by atoms with van der Waals surface area (Å²) in [5, 5.41) is 2.98. The van der Waals surface area contributed by atoms with Gasteiger partial charge in [0.25, 0.3) is 5.91 Å². The number of aromatic nitrogens is 2. The van der Waals surface area contributed by atoms with Crippen LogP contribution in [-0.2, 0) is 12.7 Å². The van der Waals surface area contributed by atoms with E-state index in [1.165, 1.54) is 36.7 Å². The Hall–Kier alpha value is -3.33. The van der Waals surface area contributed by atoms with E-state index in [-0.39, 0.29) is 17.8 Å². The second kappa shape index (κ2) is 9.66. The number of carbonyl (C=O) groups excluding carboxylic acids is 1. The third kappa shape index (κ3) is 5.92. The Balaban J connectivity index is 1.27. The van der Waals surface area contributed by atoms with Crippen molar-refractivity contribution in [3.05, 3.63) is 83.4 Å². The molecule has 33 heavy (non-hydrogen) atoms. The van der Waals surface area contributed by atoms with Gasteiger partial charge in [-0.3, -0.25) is 9.69 Å². The van der Waals surface area contributed by atoms with Crippen LogP contribution in [0.4, 0.5) is 17.6 Å². The second-order valence-corrected chi connectivity index (χ2v) is 8.02. The fourth-order valence-corrected chi connectivity index (χ4v) is 3.78. The number of carbonyl (C=O) groups is 1. The number of nitrogens with one attached hydrogen (secondary N) is 1. The minimum Gasteiger partial charge on any atom is -0.349 e. The summed E-state index contributed by atoms with van der Waals surface area (Å²) in [4.78, 5) is 23.0. The lowest BCUT2D eigenvalue weighted by Crippen LogP contribution is -2.44. The topological polar surface area (TPSA) is 58.1 Å². The number of rotatable bonds is 5. The first kappa shape index (κ1) is 22.8. The number of halogens is 4. The molecule has 0 spiro atoms. The van der Waals surface area contributed by atoms with Gasteiger partial charge in [0.1, 0.15) is 5.82 Å². The van der Waals surface area contributed by atoms with Crippen molar-refractivity contribution in [2.45, 2.75) is 31.6 Å². The molecule has 0 saturated carbocycles. The molecule has 172 valence electrons. The average molecular weight is 458 g/mol. The van der Waals surface area contributed by atoms with E-state index in [0.717, 1.165) is 43.6 Å². The van der Waals surface area contributed by atoms with Crippen LogP contribution in [0.5, 0.6) is 0 Å². The van der Waals surface area contributed by atoms with Gasteiger partial charge in [-0.2, -0.15) is 13.2 Å². The van der Waals surface area contributed by atoms with Crippen molar-refractivity contribution in [1.82, 2.24) is 20.2 Å². The van der Waals surface area contributed by atoms with E-state index < -0.39 is 11.7 Å². The lowest BCUT2D eigenvalue weighted by Gasteiger charge is -2.32. The second-order valence-electron chi connectivity index (χ2n) is 8.02. The summed E-state index contributed by atoms with van der Waals surface area (Å²) in [5.41, 5.74) is 1.02. The Bertz CT molecular complexity index is 1090. The minimum atomic E-state index is -4.33.